The molecule has 0 aliphatic heterocycles. The molecule has 0 radical (unpaired) electrons. The van der Waals surface area contributed by atoms with Crippen LogP contribution in [-0.4, -0.2) is 24.2 Å². The van der Waals surface area contributed by atoms with Crippen molar-refractivity contribution in [3.05, 3.63) is 64.8 Å². The van der Waals surface area contributed by atoms with Crippen LogP contribution in [0.4, 0.5) is 0 Å². The van der Waals surface area contributed by atoms with Crippen LogP contribution in [0, 0.1) is 0 Å². The lowest BCUT2D eigenvalue weighted by Crippen LogP contribution is -2.26. The fourth-order valence-electron chi connectivity index (χ4n) is 1.61. The maximum atomic E-state index is 11.8. The van der Waals surface area contributed by atoms with E-state index in [1.54, 1.807) is 30.5 Å². The number of nitrogens with zero attached hydrogens (tertiary/aromatic N) is 1. The molecule has 2 aromatic rings. The summed E-state index contributed by atoms with van der Waals surface area (Å²) in [5.41, 5.74) is 0.971. The van der Waals surface area contributed by atoms with E-state index in [0.29, 0.717) is 5.88 Å². The van der Waals surface area contributed by atoms with Gasteiger partial charge in [-0.1, -0.05) is 36.4 Å². The number of ether oxygens (including phenoxy) is 2. The fourth-order valence-corrected chi connectivity index (χ4v) is 1.84. The van der Waals surface area contributed by atoms with Crippen molar-refractivity contribution in [3.8, 4) is 5.88 Å². The van der Waals surface area contributed by atoms with Crippen LogP contribution in [0.5, 0.6) is 5.88 Å². The first-order valence-electron chi connectivity index (χ1n) is 6.28. The summed E-state index contributed by atoms with van der Waals surface area (Å²) in [7, 11) is 1.32. The van der Waals surface area contributed by atoms with Gasteiger partial charge in [0.15, 0.2) is 0 Å². The first-order chi connectivity index (χ1) is 10.2. The topological polar surface area (TPSA) is 48.4 Å². The molecule has 21 heavy (non-hydrogen) atoms. The molecular formula is C16H14BrNO3. The zero-order valence-corrected chi connectivity index (χ0v) is 13.0. The van der Waals surface area contributed by atoms with E-state index in [1.807, 2.05) is 30.3 Å². The number of aromatic nitrogens is 1. The van der Waals surface area contributed by atoms with Crippen LogP contribution in [0.25, 0.3) is 6.08 Å². The molecule has 1 atom stereocenters. The predicted octanol–water partition coefficient (Wildman–Crippen LogP) is 3.48. The van der Waals surface area contributed by atoms with Crippen LogP contribution >= 0.6 is 15.9 Å². The molecule has 0 saturated heterocycles. The number of hydrogen-bond donors (Lipinski definition) is 0. The first-order valence-corrected chi connectivity index (χ1v) is 7.07. The van der Waals surface area contributed by atoms with Crippen molar-refractivity contribution in [1.29, 1.82) is 0 Å². The highest BCUT2D eigenvalue weighted by molar-refractivity contribution is 9.10. The van der Waals surface area contributed by atoms with Crippen LogP contribution in [0.3, 0.4) is 0 Å². The number of benzene rings is 1. The lowest BCUT2D eigenvalue weighted by Gasteiger charge is -2.12. The molecule has 0 spiro atoms. The largest absolute Gasteiger partial charge is 0.466 e. The van der Waals surface area contributed by atoms with Crippen molar-refractivity contribution in [2.75, 3.05) is 7.11 Å². The second-order valence-electron chi connectivity index (χ2n) is 4.15. The molecule has 1 aromatic carbocycles. The second-order valence-corrected chi connectivity index (χ2v) is 5.06. The number of hydrogen-bond acceptors (Lipinski definition) is 4. The Morgan fingerprint density at radius 2 is 2.00 bits per heavy atom. The zero-order chi connectivity index (χ0) is 15.1. The summed E-state index contributed by atoms with van der Waals surface area (Å²) in [5.74, 6) is -0.127. The predicted molar refractivity (Wildman–Crippen MR) is 83.8 cm³/mol. The van der Waals surface area contributed by atoms with Crippen molar-refractivity contribution in [2.24, 2.45) is 0 Å². The van der Waals surface area contributed by atoms with Crippen LogP contribution in [0.2, 0.25) is 0 Å². The van der Waals surface area contributed by atoms with Gasteiger partial charge in [0.25, 0.3) is 0 Å². The van der Waals surface area contributed by atoms with Gasteiger partial charge in [-0.15, -0.1) is 0 Å². The molecule has 0 aliphatic carbocycles. The van der Waals surface area contributed by atoms with Crippen molar-refractivity contribution >= 4 is 28.0 Å². The van der Waals surface area contributed by atoms with Crippen molar-refractivity contribution in [3.63, 3.8) is 0 Å². The Balaban J connectivity index is 2.13. The summed E-state index contributed by atoms with van der Waals surface area (Å²) in [6.07, 6.45) is 4.21. The number of esters is 1. The average molecular weight is 348 g/mol. The molecule has 1 aromatic heterocycles. The third kappa shape index (κ3) is 4.72. The number of carbonyl (C=O) groups is 1. The highest BCUT2D eigenvalue weighted by Crippen LogP contribution is 2.15. The van der Waals surface area contributed by atoms with E-state index in [9.17, 15) is 4.79 Å². The first kappa shape index (κ1) is 15.3. The molecule has 0 saturated carbocycles. The van der Waals surface area contributed by atoms with Crippen LogP contribution in [0.1, 0.15) is 5.56 Å². The molecule has 108 valence electrons. The third-order valence-electron chi connectivity index (χ3n) is 2.64. The Bertz CT molecular complexity index is 611. The number of halogens is 1. The van der Waals surface area contributed by atoms with Gasteiger partial charge in [0.1, 0.15) is 0 Å². The van der Waals surface area contributed by atoms with Crippen molar-refractivity contribution in [1.82, 2.24) is 4.98 Å². The van der Waals surface area contributed by atoms with Crippen molar-refractivity contribution in [2.45, 2.75) is 6.10 Å². The van der Waals surface area contributed by atoms with Gasteiger partial charge in [0, 0.05) is 16.7 Å². The van der Waals surface area contributed by atoms with Gasteiger partial charge in [-0.05, 0) is 33.6 Å². The Morgan fingerprint density at radius 1 is 1.24 bits per heavy atom. The van der Waals surface area contributed by atoms with Gasteiger partial charge in [-0.25, -0.2) is 9.78 Å². The number of carbonyl (C=O) groups excluding carboxylic acids is 1. The minimum absolute atomic E-state index is 0.353. The summed E-state index contributed by atoms with van der Waals surface area (Å²) in [5, 5.41) is 0. The number of rotatable bonds is 5. The minimum Gasteiger partial charge on any atom is -0.466 e. The third-order valence-corrected chi connectivity index (χ3v) is 3.11. The summed E-state index contributed by atoms with van der Waals surface area (Å²) < 4.78 is 11.1. The number of pyridine rings is 1. The monoisotopic (exact) mass is 347 g/mol. The van der Waals surface area contributed by atoms with E-state index in [-0.39, 0.29) is 0 Å². The average Bonchev–Trinajstić information content (AvgIpc) is 2.53. The standard InChI is InChI=1S/C16H14BrNO3/c1-20-16(19)14(9-7-12-5-3-2-4-6-12)21-15-10-8-13(17)11-18-15/h2-11,14H,1H3/b9-7+. The smallest absolute Gasteiger partial charge is 0.351 e. The van der Waals surface area contributed by atoms with Crippen LogP contribution in [-0.2, 0) is 9.53 Å². The summed E-state index contributed by atoms with van der Waals surface area (Å²) in [6.45, 7) is 0. The molecule has 1 heterocycles. The highest BCUT2D eigenvalue weighted by Gasteiger charge is 2.18. The van der Waals surface area contributed by atoms with E-state index in [2.05, 4.69) is 20.9 Å². The molecule has 5 heteroatoms. The van der Waals surface area contributed by atoms with Gasteiger partial charge < -0.3 is 9.47 Å². The van der Waals surface area contributed by atoms with Gasteiger partial charge in [0.05, 0.1) is 7.11 Å². The molecule has 4 nitrogen and oxygen atoms in total. The van der Waals surface area contributed by atoms with E-state index in [0.717, 1.165) is 10.0 Å². The molecule has 0 aliphatic rings. The van der Waals surface area contributed by atoms with E-state index in [1.165, 1.54) is 7.11 Å². The Kier molecular flexibility index (Phi) is 5.51. The lowest BCUT2D eigenvalue weighted by molar-refractivity contribution is -0.146. The van der Waals surface area contributed by atoms with E-state index >= 15 is 0 Å². The zero-order valence-electron chi connectivity index (χ0n) is 11.4. The van der Waals surface area contributed by atoms with Crippen LogP contribution in [0.15, 0.2) is 59.2 Å². The van der Waals surface area contributed by atoms with Gasteiger partial charge >= 0.3 is 5.97 Å². The summed E-state index contributed by atoms with van der Waals surface area (Å²) in [6, 6.07) is 13.1. The number of methoxy groups -OCH3 is 1. The minimum atomic E-state index is -0.844. The van der Waals surface area contributed by atoms with E-state index < -0.39 is 12.1 Å². The van der Waals surface area contributed by atoms with Gasteiger partial charge in [-0.2, -0.15) is 0 Å². The lowest BCUT2D eigenvalue weighted by atomic mass is 10.2. The Labute approximate surface area is 131 Å². The Hall–Kier alpha value is -2.14. The molecule has 0 amide bonds. The second kappa shape index (κ2) is 7.59. The van der Waals surface area contributed by atoms with Gasteiger partial charge in [-0.3, -0.25) is 0 Å². The highest BCUT2D eigenvalue weighted by atomic mass is 79.9. The molecule has 1 unspecified atom stereocenters. The molecule has 2 rings (SSSR count). The molecule has 0 fully saturated rings. The van der Waals surface area contributed by atoms with Crippen molar-refractivity contribution < 1.29 is 14.3 Å². The fraction of sp³-hybridized carbons (Fsp3) is 0.125. The normalized spacial score (nSPS) is 12.1. The maximum Gasteiger partial charge on any atom is 0.351 e. The summed E-state index contributed by atoms with van der Waals surface area (Å²) in [4.78, 5) is 15.8. The molecule has 0 bridgehead atoms. The van der Waals surface area contributed by atoms with E-state index in [4.69, 9.17) is 9.47 Å². The maximum absolute atomic E-state index is 11.8. The summed E-state index contributed by atoms with van der Waals surface area (Å²) >= 11 is 3.29. The quantitative estimate of drug-likeness (QED) is 0.777. The van der Waals surface area contributed by atoms with Crippen LogP contribution < -0.4 is 4.74 Å². The molecule has 0 N–H and O–H groups in total. The Morgan fingerprint density at radius 3 is 2.62 bits per heavy atom. The van der Waals surface area contributed by atoms with Gasteiger partial charge in [0.2, 0.25) is 12.0 Å². The molecular weight excluding hydrogens is 334 g/mol. The SMILES string of the molecule is COC(=O)C(/C=C/c1ccccc1)Oc1ccc(Br)cn1.